The van der Waals surface area contributed by atoms with Crippen molar-refractivity contribution in [2.45, 2.75) is 6.61 Å². The van der Waals surface area contributed by atoms with Crippen molar-refractivity contribution < 1.29 is 14.6 Å². The molecule has 0 aliphatic carbocycles. The van der Waals surface area contributed by atoms with Crippen LogP contribution in [0.5, 0.6) is 5.75 Å². The third kappa shape index (κ3) is 2.64. The Labute approximate surface area is 120 Å². The molecule has 21 heavy (non-hydrogen) atoms. The fourth-order valence-electron chi connectivity index (χ4n) is 1.99. The standard InChI is InChI=1S/C15H11N3O3/c19-15(20)11-7-16-9-18-12(11)8-21-13-5-1-3-10-4-2-6-17-14(10)13/h1-7,9H,8H2,(H,19,20). The van der Waals surface area contributed by atoms with Crippen LogP contribution in [0.2, 0.25) is 0 Å². The quantitative estimate of drug-likeness (QED) is 0.789. The van der Waals surface area contributed by atoms with Crippen LogP contribution in [-0.2, 0) is 6.61 Å². The lowest BCUT2D eigenvalue weighted by Gasteiger charge is -2.09. The normalized spacial score (nSPS) is 10.5. The first kappa shape index (κ1) is 13.0. The van der Waals surface area contributed by atoms with E-state index in [-0.39, 0.29) is 12.2 Å². The summed E-state index contributed by atoms with van der Waals surface area (Å²) in [5.74, 6) is -0.492. The highest BCUT2D eigenvalue weighted by Crippen LogP contribution is 2.23. The summed E-state index contributed by atoms with van der Waals surface area (Å²) in [6, 6.07) is 9.36. The second-order valence-corrected chi connectivity index (χ2v) is 4.31. The summed E-state index contributed by atoms with van der Waals surface area (Å²) < 4.78 is 5.68. The molecular formula is C15H11N3O3. The van der Waals surface area contributed by atoms with E-state index in [9.17, 15) is 4.79 Å². The van der Waals surface area contributed by atoms with E-state index in [4.69, 9.17) is 9.84 Å². The zero-order valence-electron chi connectivity index (χ0n) is 10.9. The molecule has 0 unspecified atom stereocenters. The fraction of sp³-hybridized carbons (Fsp3) is 0.0667. The Morgan fingerprint density at radius 2 is 2.05 bits per heavy atom. The van der Waals surface area contributed by atoms with E-state index in [1.54, 1.807) is 12.3 Å². The van der Waals surface area contributed by atoms with E-state index < -0.39 is 5.97 Å². The minimum absolute atomic E-state index is 0.0331. The molecule has 6 nitrogen and oxygen atoms in total. The van der Waals surface area contributed by atoms with Crippen molar-refractivity contribution in [3.8, 4) is 5.75 Å². The molecule has 0 radical (unpaired) electrons. The summed E-state index contributed by atoms with van der Waals surface area (Å²) in [7, 11) is 0. The minimum atomic E-state index is -1.08. The predicted octanol–water partition coefficient (Wildman–Crippen LogP) is 2.30. The molecule has 3 aromatic rings. The SMILES string of the molecule is O=C(O)c1cncnc1COc1cccc2cccnc12. The van der Waals surface area contributed by atoms with Crippen LogP contribution in [0.4, 0.5) is 0 Å². The molecule has 0 fully saturated rings. The molecule has 0 bridgehead atoms. The van der Waals surface area contributed by atoms with Crippen molar-refractivity contribution in [2.24, 2.45) is 0 Å². The highest BCUT2D eigenvalue weighted by molar-refractivity contribution is 5.88. The van der Waals surface area contributed by atoms with E-state index in [1.807, 2.05) is 24.3 Å². The largest absolute Gasteiger partial charge is 0.485 e. The maximum Gasteiger partial charge on any atom is 0.339 e. The van der Waals surface area contributed by atoms with Crippen LogP contribution in [0.15, 0.2) is 49.1 Å². The average Bonchev–Trinajstić information content (AvgIpc) is 2.53. The zero-order valence-corrected chi connectivity index (χ0v) is 10.9. The van der Waals surface area contributed by atoms with Crippen molar-refractivity contribution in [3.63, 3.8) is 0 Å². The molecule has 6 heteroatoms. The molecule has 1 aromatic carbocycles. The molecule has 0 atom stereocenters. The van der Waals surface area contributed by atoms with Crippen molar-refractivity contribution in [1.82, 2.24) is 15.0 Å². The molecule has 2 heterocycles. The number of aromatic carboxylic acids is 1. The minimum Gasteiger partial charge on any atom is -0.485 e. The zero-order chi connectivity index (χ0) is 14.7. The predicted molar refractivity (Wildman–Crippen MR) is 75.1 cm³/mol. The molecule has 0 saturated carbocycles. The molecule has 104 valence electrons. The number of hydrogen-bond donors (Lipinski definition) is 1. The van der Waals surface area contributed by atoms with Crippen molar-refractivity contribution in [2.75, 3.05) is 0 Å². The number of nitrogens with zero attached hydrogens (tertiary/aromatic N) is 3. The van der Waals surface area contributed by atoms with Crippen LogP contribution in [0.3, 0.4) is 0 Å². The number of rotatable bonds is 4. The van der Waals surface area contributed by atoms with E-state index in [0.717, 1.165) is 10.9 Å². The van der Waals surface area contributed by atoms with Crippen molar-refractivity contribution in [1.29, 1.82) is 0 Å². The third-order valence-electron chi connectivity index (χ3n) is 2.99. The fourth-order valence-corrected chi connectivity index (χ4v) is 1.99. The van der Waals surface area contributed by atoms with Gasteiger partial charge in [0, 0.05) is 17.8 Å². The van der Waals surface area contributed by atoms with Crippen molar-refractivity contribution >= 4 is 16.9 Å². The van der Waals surface area contributed by atoms with Gasteiger partial charge in [-0.1, -0.05) is 18.2 Å². The molecule has 0 amide bonds. The summed E-state index contributed by atoms with van der Waals surface area (Å²) >= 11 is 0. The summed E-state index contributed by atoms with van der Waals surface area (Å²) in [5.41, 5.74) is 1.09. The highest BCUT2D eigenvalue weighted by atomic mass is 16.5. The van der Waals surface area contributed by atoms with E-state index >= 15 is 0 Å². The van der Waals surface area contributed by atoms with Crippen LogP contribution in [0.1, 0.15) is 16.1 Å². The average molecular weight is 281 g/mol. The summed E-state index contributed by atoms with van der Waals surface area (Å²) in [4.78, 5) is 23.0. The topological polar surface area (TPSA) is 85.2 Å². The van der Waals surface area contributed by atoms with Gasteiger partial charge in [0.05, 0.1) is 5.69 Å². The molecule has 3 rings (SSSR count). The summed E-state index contributed by atoms with van der Waals surface area (Å²) in [6.45, 7) is 0.0415. The van der Waals surface area contributed by atoms with Crippen LogP contribution in [-0.4, -0.2) is 26.0 Å². The Hall–Kier alpha value is -3.02. The molecule has 0 aliphatic rings. The molecule has 1 N–H and O–H groups in total. The second kappa shape index (κ2) is 5.54. The Morgan fingerprint density at radius 3 is 2.90 bits per heavy atom. The van der Waals surface area contributed by atoms with Gasteiger partial charge >= 0.3 is 5.97 Å². The first-order valence-electron chi connectivity index (χ1n) is 6.24. The number of hydrogen-bond acceptors (Lipinski definition) is 5. The maximum absolute atomic E-state index is 11.1. The Kier molecular flexibility index (Phi) is 3.42. The second-order valence-electron chi connectivity index (χ2n) is 4.31. The first-order chi connectivity index (χ1) is 10.3. The number of fused-ring (bicyclic) bond motifs is 1. The Balaban J connectivity index is 1.89. The number of carboxylic acids is 1. The van der Waals surface area contributed by atoms with Gasteiger partial charge in [0.2, 0.25) is 0 Å². The smallest absolute Gasteiger partial charge is 0.339 e. The number of benzene rings is 1. The van der Waals surface area contributed by atoms with Crippen LogP contribution >= 0.6 is 0 Å². The van der Waals surface area contributed by atoms with Crippen LogP contribution in [0, 0.1) is 0 Å². The van der Waals surface area contributed by atoms with Gasteiger partial charge in [-0.05, 0) is 12.1 Å². The monoisotopic (exact) mass is 281 g/mol. The van der Waals surface area contributed by atoms with E-state index in [2.05, 4.69) is 15.0 Å². The number of para-hydroxylation sites is 1. The molecule has 0 aliphatic heterocycles. The third-order valence-corrected chi connectivity index (χ3v) is 2.99. The maximum atomic E-state index is 11.1. The van der Waals surface area contributed by atoms with Gasteiger partial charge in [-0.3, -0.25) is 4.98 Å². The molecular weight excluding hydrogens is 270 g/mol. The first-order valence-corrected chi connectivity index (χ1v) is 6.24. The van der Waals surface area contributed by atoms with Gasteiger partial charge in [-0.2, -0.15) is 0 Å². The lowest BCUT2D eigenvalue weighted by atomic mass is 10.2. The Bertz CT molecular complexity index is 800. The lowest BCUT2D eigenvalue weighted by molar-refractivity contribution is 0.0692. The van der Waals surface area contributed by atoms with Crippen molar-refractivity contribution in [3.05, 3.63) is 60.3 Å². The number of carboxylic acid groups (broad SMARTS) is 1. The van der Waals surface area contributed by atoms with E-state index in [0.29, 0.717) is 11.4 Å². The van der Waals surface area contributed by atoms with Gasteiger partial charge in [-0.15, -0.1) is 0 Å². The number of carbonyl (C=O) groups is 1. The lowest BCUT2D eigenvalue weighted by Crippen LogP contribution is -2.08. The molecule has 2 aromatic heterocycles. The van der Waals surface area contributed by atoms with Gasteiger partial charge < -0.3 is 9.84 Å². The number of ether oxygens (including phenoxy) is 1. The van der Waals surface area contributed by atoms with Gasteiger partial charge in [0.15, 0.2) is 0 Å². The van der Waals surface area contributed by atoms with Gasteiger partial charge in [0.25, 0.3) is 0 Å². The van der Waals surface area contributed by atoms with Crippen LogP contribution in [0.25, 0.3) is 10.9 Å². The van der Waals surface area contributed by atoms with Gasteiger partial charge in [-0.25, -0.2) is 14.8 Å². The molecule has 0 saturated heterocycles. The number of pyridine rings is 1. The van der Waals surface area contributed by atoms with Crippen LogP contribution < -0.4 is 4.74 Å². The summed E-state index contributed by atoms with van der Waals surface area (Å²) in [5, 5.41) is 10.0. The molecule has 0 spiro atoms. The number of aromatic nitrogens is 3. The highest BCUT2D eigenvalue weighted by Gasteiger charge is 2.12. The van der Waals surface area contributed by atoms with E-state index in [1.165, 1.54) is 12.5 Å². The Morgan fingerprint density at radius 1 is 1.19 bits per heavy atom. The summed E-state index contributed by atoms with van der Waals surface area (Å²) in [6.07, 6.45) is 4.24. The van der Waals surface area contributed by atoms with Gasteiger partial charge in [0.1, 0.15) is 29.8 Å².